The Hall–Kier alpha value is -2.40. The lowest BCUT2D eigenvalue weighted by molar-refractivity contribution is -0.120. The van der Waals surface area contributed by atoms with Crippen LogP contribution in [-0.4, -0.2) is 25.1 Å². The number of amides is 1. The standard InChI is InChI=1S/C19H21FN2O2/c1-2-22-18(23)7-12-3-5-13(6-4-12)17-10-15(20)8-14-9-16(11-21)24-19(14)17/h3-6,8,10,16H,2,7,9,11,21H2,1H3,(H,22,23). The van der Waals surface area contributed by atoms with Crippen LogP contribution in [0.5, 0.6) is 5.75 Å². The number of likely N-dealkylation sites (N-methyl/N-ethyl adjacent to an activating group) is 1. The quantitative estimate of drug-likeness (QED) is 0.886. The van der Waals surface area contributed by atoms with Gasteiger partial charge in [0, 0.05) is 30.6 Å². The molecule has 1 amide bonds. The fourth-order valence-electron chi connectivity index (χ4n) is 2.99. The second-order valence-electron chi connectivity index (χ2n) is 5.95. The number of hydrogen-bond donors (Lipinski definition) is 2. The number of fused-ring (bicyclic) bond motifs is 1. The minimum atomic E-state index is -0.281. The van der Waals surface area contributed by atoms with Crippen LogP contribution < -0.4 is 15.8 Å². The zero-order valence-corrected chi connectivity index (χ0v) is 13.6. The smallest absolute Gasteiger partial charge is 0.224 e. The van der Waals surface area contributed by atoms with Crippen LogP contribution in [0.1, 0.15) is 18.1 Å². The van der Waals surface area contributed by atoms with E-state index in [0.717, 1.165) is 22.3 Å². The van der Waals surface area contributed by atoms with Gasteiger partial charge in [0.25, 0.3) is 0 Å². The van der Waals surface area contributed by atoms with Crippen LogP contribution in [0.2, 0.25) is 0 Å². The molecule has 3 N–H and O–H groups in total. The Morgan fingerprint density at radius 2 is 2.08 bits per heavy atom. The first-order valence-electron chi connectivity index (χ1n) is 8.16. The third kappa shape index (κ3) is 3.41. The number of nitrogens with one attached hydrogen (secondary N) is 1. The summed E-state index contributed by atoms with van der Waals surface area (Å²) in [5.74, 6) is 0.422. The molecule has 1 unspecified atom stereocenters. The summed E-state index contributed by atoms with van der Waals surface area (Å²) in [6, 6.07) is 10.6. The summed E-state index contributed by atoms with van der Waals surface area (Å²) >= 11 is 0. The Kier molecular flexibility index (Phi) is 4.81. The number of rotatable bonds is 5. The van der Waals surface area contributed by atoms with E-state index in [0.29, 0.717) is 31.7 Å². The van der Waals surface area contributed by atoms with Gasteiger partial charge in [0.15, 0.2) is 0 Å². The summed E-state index contributed by atoms with van der Waals surface area (Å²) in [6.07, 6.45) is 0.866. The van der Waals surface area contributed by atoms with Crippen LogP contribution in [0, 0.1) is 5.82 Å². The average Bonchev–Trinajstić information content (AvgIpc) is 2.98. The summed E-state index contributed by atoms with van der Waals surface area (Å²) < 4.78 is 19.8. The largest absolute Gasteiger partial charge is 0.488 e. The molecule has 5 heteroatoms. The molecular formula is C19H21FN2O2. The predicted molar refractivity (Wildman–Crippen MR) is 91.4 cm³/mol. The molecule has 1 atom stereocenters. The van der Waals surface area contributed by atoms with Crippen molar-refractivity contribution in [3.8, 4) is 16.9 Å². The van der Waals surface area contributed by atoms with E-state index < -0.39 is 0 Å². The van der Waals surface area contributed by atoms with Gasteiger partial charge in [0.05, 0.1) is 6.42 Å². The van der Waals surface area contributed by atoms with E-state index in [1.807, 2.05) is 31.2 Å². The molecule has 1 heterocycles. The van der Waals surface area contributed by atoms with Crippen LogP contribution in [0.25, 0.3) is 11.1 Å². The summed E-state index contributed by atoms with van der Waals surface area (Å²) in [5, 5.41) is 2.77. The molecule has 2 aromatic rings. The third-order valence-electron chi connectivity index (χ3n) is 4.13. The van der Waals surface area contributed by atoms with Gasteiger partial charge in [-0.25, -0.2) is 4.39 Å². The number of hydrogen-bond acceptors (Lipinski definition) is 3. The average molecular weight is 328 g/mol. The fourth-order valence-corrected chi connectivity index (χ4v) is 2.99. The van der Waals surface area contributed by atoms with E-state index in [-0.39, 0.29) is 17.8 Å². The Morgan fingerprint density at radius 1 is 1.33 bits per heavy atom. The summed E-state index contributed by atoms with van der Waals surface area (Å²) in [4.78, 5) is 11.6. The van der Waals surface area contributed by atoms with Crippen molar-refractivity contribution >= 4 is 5.91 Å². The highest BCUT2D eigenvalue weighted by atomic mass is 19.1. The lowest BCUT2D eigenvalue weighted by Crippen LogP contribution is -2.24. The summed E-state index contributed by atoms with van der Waals surface area (Å²) in [6.45, 7) is 2.91. The molecule has 2 aromatic carbocycles. The normalized spacial score (nSPS) is 15.7. The van der Waals surface area contributed by atoms with Crippen molar-refractivity contribution in [3.63, 3.8) is 0 Å². The van der Waals surface area contributed by atoms with E-state index in [1.165, 1.54) is 12.1 Å². The van der Waals surface area contributed by atoms with E-state index in [2.05, 4.69) is 5.32 Å². The van der Waals surface area contributed by atoms with Crippen molar-refractivity contribution in [1.29, 1.82) is 0 Å². The molecule has 0 aliphatic carbocycles. The first-order valence-corrected chi connectivity index (χ1v) is 8.16. The van der Waals surface area contributed by atoms with Crippen molar-refractivity contribution in [3.05, 3.63) is 53.3 Å². The molecule has 0 fully saturated rings. The minimum Gasteiger partial charge on any atom is -0.488 e. The van der Waals surface area contributed by atoms with Crippen molar-refractivity contribution in [2.24, 2.45) is 5.73 Å². The molecule has 4 nitrogen and oxygen atoms in total. The van der Waals surface area contributed by atoms with Gasteiger partial charge < -0.3 is 15.8 Å². The second kappa shape index (κ2) is 7.01. The number of halogens is 1. The van der Waals surface area contributed by atoms with Gasteiger partial charge in [-0.15, -0.1) is 0 Å². The van der Waals surface area contributed by atoms with Crippen molar-refractivity contribution in [1.82, 2.24) is 5.32 Å². The molecule has 24 heavy (non-hydrogen) atoms. The fraction of sp³-hybridized carbons (Fsp3) is 0.316. The number of carbonyl (C=O) groups excluding carboxylic acids is 1. The Balaban J connectivity index is 1.87. The van der Waals surface area contributed by atoms with Gasteiger partial charge in [-0.3, -0.25) is 4.79 Å². The predicted octanol–water partition coefficient (Wildman–Crippen LogP) is 2.43. The number of ether oxygens (including phenoxy) is 1. The second-order valence-corrected chi connectivity index (χ2v) is 5.95. The maximum Gasteiger partial charge on any atom is 0.224 e. The molecule has 0 saturated carbocycles. The lowest BCUT2D eigenvalue weighted by Gasteiger charge is -2.12. The lowest BCUT2D eigenvalue weighted by atomic mass is 9.98. The van der Waals surface area contributed by atoms with Crippen molar-refractivity contribution in [2.45, 2.75) is 25.9 Å². The summed E-state index contributed by atoms with van der Waals surface area (Å²) in [7, 11) is 0. The van der Waals surface area contributed by atoms with Crippen LogP contribution in [-0.2, 0) is 17.6 Å². The van der Waals surface area contributed by atoms with Gasteiger partial charge >= 0.3 is 0 Å². The molecule has 0 saturated heterocycles. The van der Waals surface area contributed by atoms with Crippen LogP contribution in [0.3, 0.4) is 0 Å². The molecule has 1 aliphatic heterocycles. The highest BCUT2D eigenvalue weighted by molar-refractivity contribution is 5.79. The van der Waals surface area contributed by atoms with E-state index >= 15 is 0 Å². The highest BCUT2D eigenvalue weighted by Gasteiger charge is 2.26. The van der Waals surface area contributed by atoms with Gasteiger partial charge in [-0.2, -0.15) is 0 Å². The number of nitrogens with two attached hydrogens (primary N) is 1. The molecule has 1 aliphatic rings. The van der Waals surface area contributed by atoms with Crippen LogP contribution >= 0.6 is 0 Å². The molecule has 126 valence electrons. The van der Waals surface area contributed by atoms with E-state index in [9.17, 15) is 9.18 Å². The third-order valence-corrected chi connectivity index (χ3v) is 4.13. The SMILES string of the molecule is CCNC(=O)Cc1ccc(-c2cc(F)cc3c2OC(CN)C3)cc1. The molecule has 3 rings (SSSR count). The Labute approximate surface area is 140 Å². The topological polar surface area (TPSA) is 64.3 Å². The van der Waals surface area contributed by atoms with E-state index in [4.69, 9.17) is 10.5 Å². The van der Waals surface area contributed by atoms with Crippen LogP contribution in [0.4, 0.5) is 4.39 Å². The Morgan fingerprint density at radius 3 is 2.75 bits per heavy atom. The minimum absolute atomic E-state index is 0.00832. The maximum atomic E-state index is 13.9. The number of benzene rings is 2. The number of carbonyl (C=O) groups is 1. The molecule has 0 radical (unpaired) electrons. The van der Waals surface area contributed by atoms with Gasteiger partial charge in [-0.1, -0.05) is 24.3 Å². The van der Waals surface area contributed by atoms with E-state index in [1.54, 1.807) is 0 Å². The summed E-state index contributed by atoms with van der Waals surface area (Å²) in [5.41, 5.74) is 9.03. The highest BCUT2D eigenvalue weighted by Crippen LogP contribution is 2.39. The maximum absolute atomic E-state index is 13.9. The Bertz CT molecular complexity index is 744. The van der Waals surface area contributed by atoms with Gasteiger partial charge in [-0.05, 0) is 30.2 Å². The monoisotopic (exact) mass is 328 g/mol. The molecular weight excluding hydrogens is 307 g/mol. The first kappa shape index (κ1) is 16.5. The van der Waals surface area contributed by atoms with Crippen LogP contribution in [0.15, 0.2) is 36.4 Å². The van der Waals surface area contributed by atoms with Gasteiger partial charge in [0.2, 0.25) is 5.91 Å². The zero-order chi connectivity index (χ0) is 17.1. The molecule has 0 spiro atoms. The van der Waals surface area contributed by atoms with Crippen molar-refractivity contribution in [2.75, 3.05) is 13.1 Å². The molecule has 0 aromatic heterocycles. The zero-order valence-electron chi connectivity index (χ0n) is 13.6. The van der Waals surface area contributed by atoms with Crippen molar-refractivity contribution < 1.29 is 13.9 Å². The van der Waals surface area contributed by atoms with Gasteiger partial charge in [0.1, 0.15) is 17.7 Å². The molecule has 0 bridgehead atoms. The first-order chi connectivity index (χ1) is 11.6.